The van der Waals surface area contributed by atoms with Crippen LogP contribution in [0.4, 0.5) is 0 Å². The summed E-state index contributed by atoms with van der Waals surface area (Å²) in [6.07, 6.45) is 2.10. The maximum Gasteiger partial charge on any atom is 0.257 e. The molecule has 0 atom stereocenters. The smallest absolute Gasteiger partial charge is 0.257 e. The van der Waals surface area contributed by atoms with Gasteiger partial charge in [0.25, 0.3) is 5.91 Å². The fraction of sp³-hybridized carbons (Fsp3) is 0.357. The van der Waals surface area contributed by atoms with Gasteiger partial charge in [0.1, 0.15) is 11.8 Å². The van der Waals surface area contributed by atoms with E-state index < -0.39 is 0 Å². The number of hydrogen-bond acceptors (Lipinski definition) is 3. The number of aliphatic hydroxyl groups excluding tert-OH is 1. The Morgan fingerprint density at radius 1 is 1.39 bits per heavy atom. The van der Waals surface area contributed by atoms with Gasteiger partial charge in [0.15, 0.2) is 0 Å². The van der Waals surface area contributed by atoms with Gasteiger partial charge in [0, 0.05) is 25.1 Å². The largest absolute Gasteiger partial charge is 0.463 e. The molecule has 4 nitrogen and oxygen atoms in total. The molecule has 0 saturated carbocycles. The van der Waals surface area contributed by atoms with Crippen molar-refractivity contribution in [1.29, 1.82) is 0 Å². The maximum atomic E-state index is 12.3. The molecular formula is C14H17NO3. The van der Waals surface area contributed by atoms with Crippen LogP contribution >= 0.6 is 0 Å². The van der Waals surface area contributed by atoms with E-state index in [0.717, 1.165) is 11.0 Å². The van der Waals surface area contributed by atoms with E-state index in [1.165, 1.54) is 6.26 Å². The van der Waals surface area contributed by atoms with E-state index in [0.29, 0.717) is 25.1 Å². The number of para-hydroxylation sites is 1. The summed E-state index contributed by atoms with van der Waals surface area (Å²) >= 11 is 0. The summed E-state index contributed by atoms with van der Waals surface area (Å²) in [5.41, 5.74) is 1.31. The van der Waals surface area contributed by atoms with Crippen LogP contribution in [-0.2, 0) is 0 Å². The molecule has 0 unspecified atom stereocenters. The van der Waals surface area contributed by atoms with Gasteiger partial charge in [-0.2, -0.15) is 0 Å². The van der Waals surface area contributed by atoms with Crippen molar-refractivity contribution in [2.45, 2.75) is 13.3 Å². The zero-order valence-electron chi connectivity index (χ0n) is 10.4. The molecule has 0 spiro atoms. The Labute approximate surface area is 106 Å². The molecule has 0 radical (unpaired) electrons. The van der Waals surface area contributed by atoms with Crippen LogP contribution in [0.1, 0.15) is 23.7 Å². The first-order chi connectivity index (χ1) is 8.77. The number of benzene rings is 1. The number of amides is 1. The molecule has 0 fully saturated rings. The Hall–Kier alpha value is -1.81. The topological polar surface area (TPSA) is 53.7 Å². The Bertz CT molecular complexity index is 533. The number of furan rings is 1. The third kappa shape index (κ3) is 2.38. The predicted molar refractivity (Wildman–Crippen MR) is 69.5 cm³/mol. The molecule has 0 bridgehead atoms. The average molecular weight is 247 g/mol. The maximum absolute atomic E-state index is 12.3. The second-order valence-electron chi connectivity index (χ2n) is 4.11. The van der Waals surface area contributed by atoms with Crippen LogP contribution in [0, 0.1) is 0 Å². The van der Waals surface area contributed by atoms with Crippen LogP contribution in [0.2, 0.25) is 0 Å². The number of hydrogen-bond donors (Lipinski definition) is 1. The van der Waals surface area contributed by atoms with Crippen molar-refractivity contribution in [3.8, 4) is 0 Å². The van der Waals surface area contributed by atoms with E-state index in [9.17, 15) is 4.79 Å². The molecule has 2 aromatic rings. The second-order valence-corrected chi connectivity index (χ2v) is 4.11. The first kappa shape index (κ1) is 12.6. The fourth-order valence-electron chi connectivity index (χ4n) is 1.98. The first-order valence-electron chi connectivity index (χ1n) is 6.14. The number of carbonyl (C=O) groups is 1. The zero-order valence-corrected chi connectivity index (χ0v) is 10.4. The number of aliphatic hydroxyl groups is 1. The van der Waals surface area contributed by atoms with Crippen molar-refractivity contribution in [2.24, 2.45) is 0 Å². The fourth-order valence-corrected chi connectivity index (χ4v) is 1.98. The van der Waals surface area contributed by atoms with Gasteiger partial charge in [-0.05, 0) is 19.4 Å². The lowest BCUT2D eigenvalue weighted by Gasteiger charge is -2.19. The summed E-state index contributed by atoms with van der Waals surface area (Å²) in [4.78, 5) is 14.1. The second kappa shape index (κ2) is 5.69. The summed E-state index contributed by atoms with van der Waals surface area (Å²) in [7, 11) is 0. The summed E-state index contributed by atoms with van der Waals surface area (Å²) in [5.74, 6) is -0.0455. The number of nitrogens with zero attached hydrogens (tertiary/aromatic N) is 1. The van der Waals surface area contributed by atoms with E-state index in [1.54, 1.807) is 4.90 Å². The van der Waals surface area contributed by atoms with Crippen molar-refractivity contribution >= 4 is 16.9 Å². The van der Waals surface area contributed by atoms with Crippen molar-refractivity contribution in [1.82, 2.24) is 4.90 Å². The Balaban J connectivity index is 2.26. The molecule has 4 heteroatoms. The highest BCUT2D eigenvalue weighted by molar-refractivity contribution is 6.05. The van der Waals surface area contributed by atoms with Gasteiger partial charge in [-0.1, -0.05) is 18.2 Å². The lowest BCUT2D eigenvalue weighted by Crippen LogP contribution is -2.32. The van der Waals surface area contributed by atoms with Crippen molar-refractivity contribution in [3.63, 3.8) is 0 Å². The minimum absolute atomic E-state index is 0.0455. The van der Waals surface area contributed by atoms with Gasteiger partial charge >= 0.3 is 0 Å². The number of carbonyl (C=O) groups excluding carboxylic acids is 1. The Kier molecular flexibility index (Phi) is 3.99. The molecule has 0 aliphatic heterocycles. The van der Waals surface area contributed by atoms with Crippen LogP contribution in [0.15, 0.2) is 34.9 Å². The van der Waals surface area contributed by atoms with Crippen molar-refractivity contribution in [2.75, 3.05) is 19.7 Å². The van der Waals surface area contributed by atoms with Gasteiger partial charge in [-0.15, -0.1) is 0 Å². The number of fused-ring (bicyclic) bond motifs is 1. The SMILES string of the molecule is CCN(CCCO)C(=O)c1coc2ccccc12. The van der Waals surface area contributed by atoms with Crippen LogP contribution in [-0.4, -0.2) is 35.6 Å². The molecule has 1 aromatic carbocycles. The molecule has 1 amide bonds. The minimum Gasteiger partial charge on any atom is -0.463 e. The molecule has 2 rings (SSSR count). The lowest BCUT2D eigenvalue weighted by atomic mass is 10.1. The standard InChI is InChI=1S/C14H17NO3/c1-2-15(8-5-9-16)14(17)12-10-18-13-7-4-3-6-11(12)13/h3-4,6-7,10,16H,2,5,8-9H2,1H3. The highest BCUT2D eigenvalue weighted by atomic mass is 16.3. The highest BCUT2D eigenvalue weighted by Crippen LogP contribution is 2.22. The molecule has 0 aliphatic carbocycles. The summed E-state index contributed by atoms with van der Waals surface area (Å²) in [6.45, 7) is 3.21. The van der Waals surface area contributed by atoms with E-state index in [-0.39, 0.29) is 12.5 Å². The zero-order chi connectivity index (χ0) is 13.0. The molecule has 1 aromatic heterocycles. The van der Waals surface area contributed by atoms with Gasteiger partial charge in [0.2, 0.25) is 0 Å². The van der Waals surface area contributed by atoms with E-state index in [4.69, 9.17) is 9.52 Å². The van der Waals surface area contributed by atoms with E-state index in [1.807, 2.05) is 31.2 Å². The molecule has 0 saturated heterocycles. The van der Waals surface area contributed by atoms with Crippen LogP contribution < -0.4 is 0 Å². The monoisotopic (exact) mass is 247 g/mol. The third-order valence-electron chi connectivity index (χ3n) is 2.97. The third-order valence-corrected chi connectivity index (χ3v) is 2.97. The predicted octanol–water partition coefficient (Wildman–Crippen LogP) is 2.28. The molecule has 1 heterocycles. The van der Waals surface area contributed by atoms with Crippen LogP contribution in [0.3, 0.4) is 0 Å². The quantitative estimate of drug-likeness (QED) is 0.881. The summed E-state index contributed by atoms with van der Waals surface area (Å²) < 4.78 is 5.37. The van der Waals surface area contributed by atoms with Crippen LogP contribution in [0.25, 0.3) is 11.0 Å². The Morgan fingerprint density at radius 2 is 2.17 bits per heavy atom. The minimum atomic E-state index is -0.0455. The molecule has 96 valence electrons. The molecule has 1 N–H and O–H groups in total. The first-order valence-corrected chi connectivity index (χ1v) is 6.14. The van der Waals surface area contributed by atoms with Gasteiger partial charge in [-0.3, -0.25) is 4.79 Å². The summed E-state index contributed by atoms with van der Waals surface area (Å²) in [5, 5.41) is 9.68. The average Bonchev–Trinajstić information content (AvgIpc) is 2.83. The normalized spacial score (nSPS) is 10.8. The number of rotatable bonds is 5. The Morgan fingerprint density at radius 3 is 2.89 bits per heavy atom. The van der Waals surface area contributed by atoms with Gasteiger partial charge in [0.05, 0.1) is 5.56 Å². The highest BCUT2D eigenvalue weighted by Gasteiger charge is 2.18. The van der Waals surface area contributed by atoms with E-state index >= 15 is 0 Å². The van der Waals surface area contributed by atoms with Crippen LogP contribution in [0.5, 0.6) is 0 Å². The summed E-state index contributed by atoms with van der Waals surface area (Å²) in [6, 6.07) is 7.49. The molecule has 0 aliphatic rings. The van der Waals surface area contributed by atoms with Crippen molar-refractivity contribution in [3.05, 3.63) is 36.1 Å². The molecular weight excluding hydrogens is 230 g/mol. The van der Waals surface area contributed by atoms with Gasteiger partial charge in [-0.25, -0.2) is 0 Å². The molecule has 18 heavy (non-hydrogen) atoms. The van der Waals surface area contributed by atoms with Gasteiger partial charge < -0.3 is 14.4 Å². The van der Waals surface area contributed by atoms with E-state index in [2.05, 4.69) is 0 Å². The van der Waals surface area contributed by atoms with Crippen molar-refractivity contribution < 1.29 is 14.3 Å². The lowest BCUT2D eigenvalue weighted by molar-refractivity contribution is 0.0755.